The molecule has 1 aromatic carbocycles. The molecule has 0 N–H and O–H groups in total. The van der Waals surface area contributed by atoms with Crippen LogP contribution in [0.15, 0.2) is 16.6 Å². The molecule has 0 amide bonds. The van der Waals surface area contributed by atoms with Gasteiger partial charge in [-0.25, -0.2) is 9.97 Å². The normalized spacial score (nSPS) is 10.9. The summed E-state index contributed by atoms with van der Waals surface area (Å²) in [7, 11) is 0. The lowest BCUT2D eigenvalue weighted by molar-refractivity contribution is 0.959. The Morgan fingerprint density at radius 3 is 2.73 bits per heavy atom. The fourth-order valence-corrected chi connectivity index (χ4v) is 2.34. The van der Waals surface area contributed by atoms with Crippen molar-refractivity contribution in [2.45, 2.75) is 20.3 Å². The van der Waals surface area contributed by atoms with Gasteiger partial charge < -0.3 is 0 Å². The van der Waals surface area contributed by atoms with Crippen molar-refractivity contribution in [3.8, 4) is 0 Å². The van der Waals surface area contributed by atoms with Gasteiger partial charge >= 0.3 is 0 Å². The Morgan fingerprint density at radius 2 is 2.07 bits per heavy atom. The zero-order valence-corrected chi connectivity index (χ0v) is 10.9. The Morgan fingerprint density at radius 1 is 1.33 bits per heavy atom. The molecule has 2 nitrogen and oxygen atoms in total. The van der Waals surface area contributed by atoms with Gasteiger partial charge in [-0.2, -0.15) is 0 Å². The third-order valence-corrected chi connectivity index (χ3v) is 3.02. The number of hydrogen-bond acceptors (Lipinski definition) is 2. The zero-order chi connectivity index (χ0) is 11.0. The van der Waals surface area contributed by atoms with Crippen LogP contribution in [-0.2, 0) is 6.42 Å². The number of aryl methyl sites for hydroxylation is 2. The molecule has 2 aromatic rings. The van der Waals surface area contributed by atoms with Gasteiger partial charge in [-0.05, 0) is 24.6 Å². The van der Waals surface area contributed by atoms with Gasteiger partial charge in [0.25, 0.3) is 0 Å². The number of hydrogen-bond donors (Lipinski definition) is 0. The van der Waals surface area contributed by atoms with E-state index < -0.39 is 0 Å². The first-order valence-corrected chi connectivity index (χ1v) is 5.91. The lowest BCUT2D eigenvalue weighted by atomic mass is 10.1. The highest BCUT2D eigenvalue weighted by Crippen LogP contribution is 2.27. The molecule has 2 rings (SSSR count). The van der Waals surface area contributed by atoms with Crippen molar-refractivity contribution in [3.05, 3.63) is 33.1 Å². The van der Waals surface area contributed by atoms with Gasteiger partial charge in [-0.1, -0.05) is 34.5 Å². The van der Waals surface area contributed by atoms with Gasteiger partial charge in [-0.15, -0.1) is 0 Å². The van der Waals surface area contributed by atoms with Crippen molar-refractivity contribution in [1.82, 2.24) is 9.97 Å². The summed E-state index contributed by atoms with van der Waals surface area (Å²) in [4.78, 5) is 8.71. The third-order valence-electron chi connectivity index (χ3n) is 2.27. The molecule has 78 valence electrons. The molecule has 0 fully saturated rings. The largest absolute Gasteiger partial charge is 0.233 e. The molecule has 4 heteroatoms. The fraction of sp³-hybridized carbons (Fsp3) is 0.273. The summed E-state index contributed by atoms with van der Waals surface area (Å²) >= 11 is 9.55. The molecule has 1 heterocycles. The summed E-state index contributed by atoms with van der Waals surface area (Å²) in [5, 5.41) is 1.43. The molecule has 0 spiro atoms. The van der Waals surface area contributed by atoms with Crippen molar-refractivity contribution in [1.29, 1.82) is 0 Å². The maximum absolute atomic E-state index is 6.11. The highest BCUT2D eigenvalue weighted by atomic mass is 79.9. The second kappa shape index (κ2) is 4.06. The summed E-state index contributed by atoms with van der Waals surface area (Å²) in [5.74, 6) is 0.790. The Kier molecular flexibility index (Phi) is 2.94. The van der Waals surface area contributed by atoms with Gasteiger partial charge in [0.15, 0.2) is 0 Å². The van der Waals surface area contributed by atoms with Crippen LogP contribution in [0.3, 0.4) is 0 Å². The summed E-state index contributed by atoms with van der Waals surface area (Å²) in [6.07, 6.45) is 0.797. The molecule has 0 saturated heterocycles. The maximum atomic E-state index is 6.11. The van der Waals surface area contributed by atoms with Gasteiger partial charge in [-0.3, -0.25) is 0 Å². The van der Waals surface area contributed by atoms with Crippen LogP contribution in [0, 0.1) is 6.92 Å². The van der Waals surface area contributed by atoms with Gasteiger partial charge in [0.1, 0.15) is 11.0 Å². The molecule has 0 atom stereocenters. The summed E-state index contributed by atoms with van der Waals surface area (Å²) < 4.78 is 1.00. The van der Waals surface area contributed by atoms with E-state index in [0.29, 0.717) is 5.15 Å². The Balaban J connectivity index is 2.85. The van der Waals surface area contributed by atoms with Crippen LogP contribution in [0.25, 0.3) is 10.9 Å². The minimum atomic E-state index is 0.529. The van der Waals surface area contributed by atoms with E-state index in [1.165, 1.54) is 0 Å². The second-order valence-electron chi connectivity index (χ2n) is 3.40. The zero-order valence-electron chi connectivity index (χ0n) is 8.51. The average Bonchev–Trinajstić information content (AvgIpc) is 2.19. The van der Waals surface area contributed by atoms with E-state index in [4.69, 9.17) is 11.6 Å². The third kappa shape index (κ3) is 1.99. The van der Waals surface area contributed by atoms with Crippen LogP contribution in [0.2, 0.25) is 5.15 Å². The molecule has 0 aliphatic heterocycles. The number of nitrogens with zero attached hydrogens (tertiary/aromatic N) is 2. The molecule has 0 unspecified atom stereocenters. The van der Waals surface area contributed by atoms with E-state index in [-0.39, 0.29) is 0 Å². The standard InChI is InChI=1S/C11H10BrClN2/c1-3-9-14-10-6(2)4-7(12)5-8(10)11(13)15-9/h4-5H,3H2,1-2H3. The van der Waals surface area contributed by atoms with E-state index in [1.54, 1.807) is 0 Å². The van der Waals surface area contributed by atoms with Crippen LogP contribution >= 0.6 is 27.5 Å². The minimum absolute atomic E-state index is 0.529. The lowest BCUT2D eigenvalue weighted by Gasteiger charge is -2.06. The fourth-order valence-electron chi connectivity index (χ4n) is 1.53. The number of fused-ring (bicyclic) bond motifs is 1. The van der Waals surface area contributed by atoms with Crippen molar-refractivity contribution in [2.75, 3.05) is 0 Å². The monoisotopic (exact) mass is 284 g/mol. The van der Waals surface area contributed by atoms with E-state index >= 15 is 0 Å². The predicted molar refractivity (Wildman–Crippen MR) is 66.4 cm³/mol. The van der Waals surface area contributed by atoms with E-state index in [0.717, 1.165) is 33.2 Å². The lowest BCUT2D eigenvalue weighted by Crippen LogP contribution is -1.96. The summed E-state index contributed by atoms with van der Waals surface area (Å²) in [6, 6.07) is 3.98. The molecule has 0 radical (unpaired) electrons. The first-order chi connectivity index (χ1) is 7.11. The molecule has 0 aliphatic carbocycles. The van der Waals surface area contributed by atoms with Crippen molar-refractivity contribution in [3.63, 3.8) is 0 Å². The quantitative estimate of drug-likeness (QED) is 0.742. The molecule has 0 aliphatic rings. The van der Waals surface area contributed by atoms with E-state index in [1.807, 2.05) is 26.0 Å². The van der Waals surface area contributed by atoms with Crippen molar-refractivity contribution < 1.29 is 0 Å². The smallest absolute Gasteiger partial charge is 0.140 e. The van der Waals surface area contributed by atoms with Crippen molar-refractivity contribution in [2.24, 2.45) is 0 Å². The molecule has 0 saturated carbocycles. The highest BCUT2D eigenvalue weighted by Gasteiger charge is 2.08. The Labute approximate surface area is 102 Å². The first-order valence-electron chi connectivity index (χ1n) is 4.74. The maximum Gasteiger partial charge on any atom is 0.140 e. The Hall–Kier alpha value is -0.670. The molecular weight excluding hydrogens is 275 g/mol. The number of benzene rings is 1. The predicted octanol–water partition coefficient (Wildman–Crippen LogP) is 3.92. The SMILES string of the molecule is CCc1nc(Cl)c2cc(Br)cc(C)c2n1. The minimum Gasteiger partial charge on any atom is -0.233 e. The van der Waals surface area contributed by atoms with Crippen LogP contribution < -0.4 is 0 Å². The van der Waals surface area contributed by atoms with E-state index in [2.05, 4.69) is 25.9 Å². The van der Waals surface area contributed by atoms with Crippen LogP contribution in [0.4, 0.5) is 0 Å². The van der Waals surface area contributed by atoms with Gasteiger partial charge in [0.2, 0.25) is 0 Å². The number of halogens is 2. The average molecular weight is 286 g/mol. The topological polar surface area (TPSA) is 25.8 Å². The van der Waals surface area contributed by atoms with Gasteiger partial charge in [0, 0.05) is 16.3 Å². The molecule has 0 bridgehead atoms. The molecule has 1 aromatic heterocycles. The highest BCUT2D eigenvalue weighted by molar-refractivity contribution is 9.10. The molecular formula is C11H10BrClN2. The molecule has 15 heavy (non-hydrogen) atoms. The van der Waals surface area contributed by atoms with Gasteiger partial charge in [0.05, 0.1) is 5.52 Å². The van der Waals surface area contributed by atoms with Crippen LogP contribution in [0.1, 0.15) is 18.3 Å². The van der Waals surface area contributed by atoms with Crippen LogP contribution in [0.5, 0.6) is 0 Å². The second-order valence-corrected chi connectivity index (χ2v) is 4.68. The number of rotatable bonds is 1. The van der Waals surface area contributed by atoms with E-state index in [9.17, 15) is 0 Å². The number of aromatic nitrogens is 2. The summed E-state index contributed by atoms with van der Waals surface area (Å²) in [6.45, 7) is 4.04. The first kappa shape index (κ1) is 10.8. The van der Waals surface area contributed by atoms with Crippen molar-refractivity contribution >= 4 is 38.4 Å². The summed E-state index contributed by atoms with van der Waals surface area (Å²) in [5.41, 5.74) is 2.05. The Bertz CT molecular complexity index is 525. The van der Waals surface area contributed by atoms with Crippen LogP contribution in [-0.4, -0.2) is 9.97 Å².